The Kier molecular flexibility index (Phi) is 8.17. The number of anilines is 2. The Balaban J connectivity index is 1.76. The van der Waals surface area contributed by atoms with Crippen molar-refractivity contribution in [3.8, 4) is 0 Å². The Labute approximate surface area is 172 Å². The fourth-order valence-electron chi connectivity index (χ4n) is 2.26. The molecule has 4 amide bonds. The Morgan fingerprint density at radius 3 is 2.28 bits per heavy atom. The second kappa shape index (κ2) is 10.8. The van der Waals surface area contributed by atoms with Gasteiger partial charge in [-0.15, -0.1) is 6.58 Å². The molecular formula is C20H20ClFN4O3. The summed E-state index contributed by atoms with van der Waals surface area (Å²) in [5.74, 6) is -1.34. The van der Waals surface area contributed by atoms with Gasteiger partial charge in [0.05, 0.1) is 10.6 Å². The molecule has 0 aromatic heterocycles. The molecule has 29 heavy (non-hydrogen) atoms. The van der Waals surface area contributed by atoms with Crippen LogP contribution in [0.3, 0.4) is 0 Å². The highest BCUT2D eigenvalue weighted by atomic mass is 35.5. The van der Waals surface area contributed by atoms with Crippen molar-refractivity contribution in [3.05, 3.63) is 71.5 Å². The molecule has 0 bridgehead atoms. The van der Waals surface area contributed by atoms with Gasteiger partial charge in [-0.1, -0.05) is 17.7 Å². The summed E-state index contributed by atoms with van der Waals surface area (Å²) >= 11 is 5.83. The van der Waals surface area contributed by atoms with Gasteiger partial charge in [0.1, 0.15) is 5.82 Å². The molecule has 0 fully saturated rings. The number of amides is 4. The zero-order valence-electron chi connectivity index (χ0n) is 15.4. The van der Waals surface area contributed by atoms with E-state index in [1.54, 1.807) is 30.3 Å². The minimum absolute atomic E-state index is 0.00109. The summed E-state index contributed by atoms with van der Waals surface area (Å²) in [6, 6.07) is 9.65. The molecule has 4 N–H and O–H groups in total. The van der Waals surface area contributed by atoms with Crippen LogP contribution in [0.1, 0.15) is 16.8 Å². The fraction of sp³-hybridized carbons (Fsp3) is 0.150. The van der Waals surface area contributed by atoms with Crippen molar-refractivity contribution >= 4 is 40.8 Å². The average Bonchev–Trinajstić information content (AvgIpc) is 2.67. The molecule has 2 rings (SSSR count). The largest absolute Gasteiger partial charge is 0.351 e. The second-order valence-corrected chi connectivity index (χ2v) is 6.29. The molecule has 152 valence electrons. The molecular weight excluding hydrogens is 399 g/mol. The van der Waals surface area contributed by atoms with Crippen LogP contribution in [-0.2, 0) is 4.79 Å². The van der Waals surface area contributed by atoms with Crippen molar-refractivity contribution in [2.24, 2.45) is 0 Å². The number of hydrogen-bond acceptors (Lipinski definition) is 3. The maximum absolute atomic E-state index is 13.0. The Bertz CT molecular complexity index is 903. The highest BCUT2D eigenvalue weighted by Gasteiger charge is 2.11. The summed E-state index contributed by atoms with van der Waals surface area (Å²) in [5.41, 5.74) is 1.24. The van der Waals surface area contributed by atoms with E-state index in [0.717, 1.165) is 12.1 Å². The third-order valence-electron chi connectivity index (χ3n) is 3.65. The van der Waals surface area contributed by atoms with Gasteiger partial charge in [-0.05, 0) is 42.5 Å². The van der Waals surface area contributed by atoms with Gasteiger partial charge in [0.25, 0.3) is 5.91 Å². The highest BCUT2D eigenvalue weighted by Crippen LogP contribution is 2.17. The molecule has 2 aromatic rings. The minimum Gasteiger partial charge on any atom is -0.351 e. The van der Waals surface area contributed by atoms with Crippen LogP contribution in [0.2, 0.25) is 5.02 Å². The summed E-state index contributed by atoms with van der Waals surface area (Å²) in [4.78, 5) is 35.6. The normalized spacial score (nSPS) is 10.0. The molecule has 0 saturated carbocycles. The van der Waals surface area contributed by atoms with E-state index in [0.29, 0.717) is 17.9 Å². The van der Waals surface area contributed by atoms with Gasteiger partial charge in [-0.3, -0.25) is 9.59 Å². The number of hydrogen-bond donors (Lipinski definition) is 4. The summed E-state index contributed by atoms with van der Waals surface area (Å²) in [5, 5.41) is 10.4. The van der Waals surface area contributed by atoms with Crippen LogP contribution < -0.4 is 21.3 Å². The predicted molar refractivity (Wildman–Crippen MR) is 111 cm³/mol. The van der Waals surface area contributed by atoms with E-state index in [1.807, 2.05) is 0 Å². The van der Waals surface area contributed by atoms with E-state index in [-0.39, 0.29) is 35.5 Å². The lowest BCUT2D eigenvalue weighted by atomic mass is 10.2. The van der Waals surface area contributed by atoms with Crippen LogP contribution in [-0.4, -0.2) is 30.9 Å². The first-order valence-electron chi connectivity index (χ1n) is 8.68. The van der Waals surface area contributed by atoms with Crippen molar-refractivity contribution in [2.75, 3.05) is 23.7 Å². The molecule has 0 aliphatic heterocycles. The van der Waals surface area contributed by atoms with E-state index < -0.39 is 11.7 Å². The predicted octanol–water partition coefficient (Wildman–Crippen LogP) is 3.55. The number of nitrogens with one attached hydrogen (secondary N) is 4. The van der Waals surface area contributed by atoms with Crippen LogP contribution in [0, 0.1) is 5.82 Å². The van der Waals surface area contributed by atoms with Crippen molar-refractivity contribution in [1.82, 2.24) is 10.6 Å². The van der Waals surface area contributed by atoms with Crippen LogP contribution in [0.25, 0.3) is 0 Å². The SMILES string of the molecule is C=CCNC(=O)Nc1ccc(NC(=O)CCNC(=O)c2ccc(F)cc2Cl)cc1. The van der Waals surface area contributed by atoms with Crippen molar-refractivity contribution in [1.29, 1.82) is 0 Å². The standard InChI is InChI=1S/C20H20ClFN4O3/c1-2-10-24-20(29)26-15-6-4-14(5-7-15)25-18(27)9-11-23-19(28)16-8-3-13(22)12-17(16)21/h2-8,12H,1,9-11H2,(H,23,28)(H,25,27)(H2,24,26,29). The van der Waals surface area contributed by atoms with Crippen LogP contribution >= 0.6 is 11.6 Å². The lowest BCUT2D eigenvalue weighted by Gasteiger charge is -2.09. The molecule has 0 heterocycles. The molecule has 9 heteroatoms. The number of carbonyl (C=O) groups is 3. The average molecular weight is 419 g/mol. The smallest absolute Gasteiger partial charge is 0.319 e. The second-order valence-electron chi connectivity index (χ2n) is 5.88. The third kappa shape index (κ3) is 7.27. The summed E-state index contributed by atoms with van der Waals surface area (Å²) in [6.45, 7) is 3.94. The molecule has 0 radical (unpaired) electrons. The molecule has 0 unspecified atom stereocenters. The van der Waals surface area contributed by atoms with Crippen LogP contribution in [0.5, 0.6) is 0 Å². The lowest BCUT2D eigenvalue weighted by molar-refractivity contribution is -0.116. The molecule has 0 aliphatic rings. The molecule has 0 saturated heterocycles. The van der Waals surface area contributed by atoms with Gasteiger partial charge in [-0.25, -0.2) is 9.18 Å². The first-order chi connectivity index (χ1) is 13.9. The summed E-state index contributed by atoms with van der Waals surface area (Å²) < 4.78 is 13.0. The third-order valence-corrected chi connectivity index (χ3v) is 3.96. The highest BCUT2D eigenvalue weighted by molar-refractivity contribution is 6.33. The van der Waals surface area contributed by atoms with Crippen LogP contribution in [0.15, 0.2) is 55.1 Å². The Morgan fingerprint density at radius 2 is 1.66 bits per heavy atom. The fourth-order valence-corrected chi connectivity index (χ4v) is 2.51. The Hall–Kier alpha value is -3.39. The molecule has 7 nitrogen and oxygen atoms in total. The number of carbonyl (C=O) groups excluding carboxylic acids is 3. The minimum atomic E-state index is -0.537. The van der Waals surface area contributed by atoms with E-state index >= 15 is 0 Å². The van der Waals surface area contributed by atoms with Gasteiger partial charge in [0.15, 0.2) is 0 Å². The van der Waals surface area contributed by atoms with E-state index in [9.17, 15) is 18.8 Å². The van der Waals surface area contributed by atoms with Gasteiger partial charge >= 0.3 is 6.03 Å². The lowest BCUT2D eigenvalue weighted by Crippen LogP contribution is -2.28. The number of rotatable bonds is 8. The zero-order valence-corrected chi connectivity index (χ0v) is 16.2. The first kappa shape index (κ1) is 21.9. The Morgan fingerprint density at radius 1 is 1.00 bits per heavy atom. The first-order valence-corrected chi connectivity index (χ1v) is 9.05. The van der Waals surface area contributed by atoms with E-state index in [1.165, 1.54) is 6.07 Å². The summed E-state index contributed by atoms with van der Waals surface area (Å²) in [6.07, 6.45) is 1.60. The number of urea groups is 1. The monoisotopic (exact) mass is 418 g/mol. The van der Waals surface area contributed by atoms with Gasteiger partial charge in [0.2, 0.25) is 5.91 Å². The van der Waals surface area contributed by atoms with Crippen molar-refractivity contribution < 1.29 is 18.8 Å². The van der Waals surface area contributed by atoms with Gasteiger partial charge in [0, 0.05) is 30.9 Å². The zero-order chi connectivity index (χ0) is 21.2. The van der Waals surface area contributed by atoms with Gasteiger partial charge < -0.3 is 21.3 Å². The van der Waals surface area contributed by atoms with E-state index in [4.69, 9.17) is 11.6 Å². The molecule has 2 aromatic carbocycles. The van der Waals surface area contributed by atoms with Crippen molar-refractivity contribution in [2.45, 2.75) is 6.42 Å². The summed E-state index contributed by atoms with van der Waals surface area (Å²) in [7, 11) is 0. The maximum atomic E-state index is 13.0. The maximum Gasteiger partial charge on any atom is 0.319 e. The number of benzene rings is 2. The molecule has 0 aliphatic carbocycles. The quantitative estimate of drug-likeness (QED) is 0.493. The molecule has 0 spiro atoms. The molecule has 0 atom stereocenters. The van der Waals surface area contributed by atoms with Crippen LogP contribution in [0.4, 0.5) is 20.6 Å². The van der Waals surface area contributed by atoms with Crippen molar-refractivity contribution in [3.63, 3.8) is 0 Å². The van der Waals surface area contributed by atoms with E-state index in [2.05, 4.69) is 27.8 Å². The topological polar surface area (TPSA) is 99.3 Å². The number of halogens is 2. The van der Waals surface area contributed by atoms with Gasteiger partial charge in [-0.2, -0.15) is 0 Å².